The Hall–Kier alpha value is -2.74. The van der Waals surface area contributed by atoms with Crippen molar-refractivity contribution in [3.63, 3.8) is 0 Å². The van der Waals surface area contributed by atoms with Gasteiger partial charge >= 0.3 is 0 Å². The number of benzene rings is 1. The van der Waals surface area contributed by atoms with Gasteiger partial charge in [0.05, 0.1) is 0 Å². The second-order valence-electron chi connectivity index (χ2n) is 5.08. The normalized spacial score (nSPS) is 12.8. The van der Waals surface area contributed by atoms with Gasteiger partial charge in [-0.15, -0.1) is 0 Å². The first-order valence-electron chi connectivity index (χ1n) is 7.07. The van der Waals surface area contributed by atoms with E-state index in [1.807, 2.05) is 6.07 Å². The molecule has 24 heavy (non-hydrogen) atoms. The third kappa shape index (κ3) is 5.47. The average molecular weight is 347 g/mol. The van der Waals surface area contributed by atoms with Crippen molar-refractivity contribution < 1.29 is 17.9 Å². The molecular formula is C16H17N3O4S. The molecule has 0 saturated heterocycles. The van der Waals surface area contributed by atoms with E-state index in [9.17, 15) is 13.2 Å². The maximum absolute atomic E-state index is 12.3. The number of para-hydroxylation sites is 1. The lowest BCUT2D eigenvalue weighted by Gasteiger charge is -2.12. The van der Waals surface area contributed by atoms with Gasteiger partial charge in [-0.25, -0.2) is 18.4 Å². The highest BCUT2D eigenvalue weighted by molar-refractivity contribution is 7.93. The summed E-state index contributed by atoms with van der Waals surface area (Å²) in [5.41, 5.74) is 0.154. The molecule has 1 aromatic carbocycles. The molecule has 126 valence electrons. The van der Waals surface area contributed by atoms with E-state index in [2.05, 4.69) is 15.3 Å². The van der Waals surface area contributed by atoms with Crippen LogP contribution in [0.25, 0.3) is 0 Å². The second-order valence-corrected chi connectivity index (χ2v) is 7.01. The van der Waals surface area contributed by atoms with Gasteiger partial charge in [0.25, 0.3) is 5.91 Å². The molecule has 1 N–H and O–H groups in total. The van der Waals surface area contributed by atoms with Crippen LogP contribution in [0, 0.1) is 0 Å². The number of sulfone groups is 1. The van der Waals surface area contributed by atoms with E-state index in [1.165, 1.54) is 18.6 Å². The van der Waals surface area contributed by atoms with E-state index in [1.54, 1.807) is 31.2 Å². The Morgan fingerprint density at radius 3 is 2.67 bits per heavy atom. The Labute approximate surface area is 140 Å². The summed E-state index contributed by atoms with van der Waals surface area (Å²) in [5, 5.41) is 3.69. The summed E-state index contributed by atoms with van der Waals surface area (Å²) in [7, 11) is -3.25. The van der Waals surface area contributed by atoms with Gasteiger partial charge in [-0.3, -0.25) is 4.79 Å². The van der Waals surface area contributed by atoms with Crippen molar-refractivity contribution >= 4 is 15.7 Å². The van der Waals surface area contributed by atoms with Crippen molar-refractivity contribution in [2.45, 2.75) is 13.0 Å². The van der Waals surface area contributed by atoms with E-state index in [-0.39, 0.29) is 11.4 Å². The SMILES string of the molecule is C[C@@H](/C=C/S(C)(=O)=O)NC(=O)c1cncnc1Oc1ccccc1. The van der Waals surface area contributed by atoms with Crippen LogP contribution < -0.4 is 10.1 Å². The fraction of sp³-hybridized carbons (Fsp3) is 0.188. The van der Waals surface area contributed by atoms with Crippen LogP contribution in [0.3, 0.4) is 0 Å². The molecule has 0 fully saturated rings. The van der Waals surface area contributed by atoms with Crippen molar-refractivity contribution in [1.29, 1.82) is 0 Å². The van der Waals surface area contributed by atoms with Gasteiger partial charge < -0.3 is 10.1 Å². The average Bonchev–Trinajstić information content (AvgIpc) is 2.54. The number of hydrogen-bond donors (Lipinski definition) is 1. The van der Waals surface area contributed by atoms with E-state index in [0.717, 1.165) is 11.7 Å². The first-order valence-corrected chi connectivity index (χ1v) is 9.02. The molecule has 0 bridgehead atoms. The number of nitrogens with zero attached hydrogens (tertiary/aromatic N) is 2. The highest BCUT2D eigenvalue weighted by atomic mass is 32.2. The van der Waals surface area contributed by atoms with Crippen LogP contribution in [0.5, 0.6) is 11.6 Å². The maximum Gasteiger partial charge on any atom is 0.258 e. The van der Waals surface area contributed by atoms with Gasteiger partial charge in [0.2, 0.25) is 5.88 Å². The zero-order chi connectivity index (χ0) is 17.6. The molecule has 1 aromatic heterocycles. The zero-order valence-electron chi connectivity index (χ0n) is 13.2. The molecule has 1 heterocycles. The number of hydrogen-bond acceptors (Lipinski definition) is 6. The number of aromatic nitrogens is 2. The second kappa shape index (κ2) is 7.69. The molecule has 7 nitrogen and oxygen atoms in total. The minimum absolute atomic E-state index is 0.119. The molecule has 2 rings (SSSR count). The molecule has 0 radical (unpaired) electrons. The van der Waals surface area contributed by atoms with Crippen molar-refractivity contribution in [3.05, 3.63) is 59.9 Å². The van der Waals surface area contributed by atoms with Gasteiger partial charge in [-0.05, 0) is 19.1 Å². The lowest BCUT2D eigenvalue weighted by Crippen LogP contribution is -2.31. The van der Waals surface area contributed by atoms with Gasteiger partial charge in [-0.2, -0.15) is 0 Å². The number of nitrogens with one attached hydrogen (secondary N) is 1. The van der Waals surface area contributed by atoms with E-state index in [4.69, 9.17) is 4.74 Å². The lowest BCUT2D eigenvalue weighted by atomic mass is 10.2. The highest BCUT2D eigenvalue weighted by Gasteiger charge is 2.16. The standard InChI is InChI=1S/C16H17N3O4S/c1-12(8-9-24(2,21)22)19-15(20)14-10-17-11-18-16(14)23-13-6-4-3-5-7-13/h3-12H,1-2H3,(H,19,20)/b9-8+/t12-/m0/s1. The summed E-state index contributed by atoms with van der Waals surface area (Å²) in [6, 6.07) is 8.43. The summed E-state index contributed by atoms with van der Waals surface area (Å²) in [6.07, 6.45) is 5.08. The van der Waals surface area contributed by atoms with Crippen LogP contribution in [-0.4, -0.2) is 36.6 Å². The number of amides is 1. The van der Waals surface area contributed by atoms with Gasteiger partial charge in [-0.1, -0.05) is 24.3 Å². The van der Waals surface area contributed by atoms with Crippen LogP contribution in [-0.2, 0) is 9.84 Å². The molecule has 0 saturated carbocycles. The molecule has 0 spiro atoms. The Morgan fingerprint density at radius 2 is 2.00 bits per heavy atom. The zero-order valence-corrected chi connectivity index (χ0v) is 14.0. The van der Waals surface area contributed by atoms with E-state index in [0.29, 0.717) is 5.75 Å². The first-order chi connectivity index (χ1) is 11.3. The largest absolute Gasteiger partial charge is 0.438 e. The van der Waals surface area contributed by atoms with Gasteiger partial charge in [0, 0.05) is 23.9 Å². The Kier molecular flexibility index (Phi) is 5.64. The quantitative estimate of drug-likeness (QED) is 0.857. The molecule has 1 atom stereocenters. The topological polar surface area (TPSA) is 98.2 Å². The molecule has 2 aromatic rings. The van der Waals surface area contributed by atoms with Crippen LogP contribution >= 0.6 is 0 Å². The molecule has 0 aliphatic carbocycles. The maximum atomic E-state index is 12.3. The van der Waals surface area contributed by atoms with E-state index < -0.39 is 21.8 Å². The lowest BCUT2D eigenvalue weighted by molar-refractivity contribution is 0.0943. The summed E-state index contributed by atoms with van der Waals surface area (Å²) in [4.78, 5) is 20.2. The minimum atomic E-state index is -3.25. The number of carbonyl (C=O) groups is 1. The minimum Gasteiger partial charge on any atom is -0.438 e. The monoisotopic (exact) mass is 347 g/mol. The number of rotatable bonds is 6. The van der Waals surface area contributed by atoms with Crippen LogP contribution in [0.4, 0.5) is 0 Å². The number of ether oxygens (including phenoxy) is 1. The van der Waals surface area contributed by atoms with Gasteiger partial charge in [0.1, 0.15) is 17.6 Å². The highest BCUT2D eigenvalue weighted by Crippen LogP contribution is 2.21. The smallest absolute Gasteiger partial charge is 0.258 e. The first kappa shape index (κ1) is 17.6. The summed E-state index contributed by atoms with van der Waals surface area (Å²) >= 11 is 0. The predicted octanol–water partition coefficient (Wildman–Crippen LogP) is 1.95. The molecule has 0 aliphatic rings. The van der Waals surface area contributed by atoms with Crippen molar-refractivity contribution in [2.24, 2.45) is 0 Å². The molecule has 8 heteroatoms. The summed E-state index contributed by atoms with van der Waals surface area (Å²) in [5.74, 6) is 0.190. The Balaban J connectivity index is 2.14. The molecule has 1 amide bonds. The predicted molar refractivity (Wildman–Crippen MR) is 89.5 cm³/mol. The van der Waals surface area contributed by atoms with Crippen LogP contribution in [0.1, 0.15) is 17.3 Å². The van der Waals surface area contributed by atoms with Crippen molar-refractivity contribution in [2.75, 3.05) is 6.26 Å². The summed E-state index contributed by atoms with van der Waals surface area (Å²) in [6.45, 7) is 1.65. The number of carbonyl (C=O) groups excluding carboxylic acids is 1. The van der Waals surface area contributed by atoms with Gasteiger partial charge in [0.15, 0.2) is 9.84 Å². The fourth-order valence-corrected chi connectivity index (χ4v) is 2.27. The van der Waals surface area contributed by atoms with E-state index >= 15 is 0 Å². The fourth-order valence-electron chi connectivity index (χ4n) is 1.75. The van der Waals surface area contributed by atoms with Crippen LogP contribution in [0.2, 0.25) is 0 Å². The van der Waals surface area contributed by atoms with Crippen molar-refractivity contribution in [3.8, 4) is 11.6 Å². The summed E-state index contributed by atoms with van der Waals surface area (Å²) < 4.78 is 27.8. The van der Waals surface area contributed by atoms with Crippen LogP contribution in [0.15, 0.2) is 54.3 Å². The van der Waals surface area contributed by atoms with Crippen molar-refractivity contribution in [1.82, 2.24) is 15.3 Å². The molecule has 0 aliphatic heterocycles. The molecule has 0 unspecified atom stereocenters. The molecular weight excluding hydrogens is 330 g/mol. The third-order valence-corrected chi connectivity index (χ3v) is 3.50. The third-order valence-electron chi connectivity index (χ3n) is 2.85. The Bertz CT molecular complexity index is 835. The Morgan fingerprint density at radius 1 is 1.29 bits per heavy atom.